The summed E-state index contributed by atoms with van der Waals surface area (Å²) in [6, 6.07) is 26.4. The van der Waals surface area contributed by atoms with Crippen LogP contribution in [-0.4, -0.2) is 20.0 Å². The molecule has 6 heteroatoms. The van der Waals surface area contributed by atoms with Crippen molar-refractivity contribution in [1.82, 2.24) is 0 Å². The van der Waals surface area contributed by atoms with Crippen LogP contribution in [0.1, 0.15) is 46.2 Å². The predicted molar refractivity (Wildman–Crippen MR) is 151 cm³/mol. The Kier molecular flexibility index (Phi) is 6.64. The maximum Gasteiger partial charge on any atom is 0.162 e. The van der Waals surface area contributed by atoms with E-state index in [9.17, 15) is 4.79 Å². The largest absolute Gasteiger partial charge is 0.493 e. The van der Waals surface area contributed by atoms with Gasteiger partial charge < -0.3 is 19.5 Å². The van der Waals surface area contributed by atoms with E-state index >= 15 is 0 Å². The Bertz CT molecular complexity index is 1490. The molecule has 4 aromatic rings. The molecule has 38 heavy (non-hydrogen) atoms. The molecular weight excluding hydrogens is 494 g/mol. The molecule has 1 N–H and O–H groups in total. The van der Waals surface area contributed by atoms with Crippen LogP contribution in [0.2, 0.25) is 0 Å². The molecule has 1 aromatic heterocycles. The molecule has 2 atom stereocenters. The first kappa shape index (κ1) is 24.3. The minimum atomic E-state index is -0.238. The third-order valence-electron chi connectivity index (χ3n) is 7.33. The van der Waals surface area contributed by atoms with Gasteiger partial charge in [-0.25, -0.2) is 0 Å². The Labute approximate surface area is 226 Å². The average Bonchev–Trinajstić information content (AvgIpc) is 3.50. The molecule has 0 spiro atoms. The van der Waals surface area contributed by atoms with Crippen molar-refractivity contribution >= 4 is 22.8 Å². The molecule has 2 aliphatic rings. The van der Waals surface area contributed by atoms with Crippen LogP contribution in [-0.2, 0) is 11.4 Å². The Morgan fingerprint density at radius 1 is 0.895 bits per heavy atom. The van der Waals surface area contributed by atoms with Crippen LogP contribution in [0.5, 0.6) is 17.2 Å². The van der Waals surface area contributed by atoms with Crippen LogP contribution < -0.4 is 19.5 Å². The number of thiophene rings is 1. The van der Waals surface area contributed by atoms with Crippen molar-refractivity contribution < 1.29 is 19.0 Å². The quantitative estimate of drug-likeness (QED) is 0.275. The zero-order valence-electron chi connectivity index (χ0n) is 21.4. The fourth-order valence-corrected chi connectivity index (χ4v) is 6.37. The van der Waals surface area contributed by atoms with E-state index in [-0.39, 0.29) is 17.6 Å². The number of nitrogens with one attached hydrogen (secondary N) is 1. The van der Waals surface area contributed by atoms with Crippen molar-refractivity contribution in [3.63, 3.8) is 0 Å². The number of methoxy groups -OCH3 is 2. The highest BCUT2D eigenvalue weighted by atomic mass is 32.1. The summed E-state index contributed by atoms with van der Waals surface area (Å²) in [6.45, 7) is 0.480. The summed E-state index contributed by atoms with van der Waals surface area (Å²) in [5, 5.41) is 5.68. The van der Waals surface area contributed by atoms with Gasteiger partial charge >= 0.3 is 0 Å². The molecule has 1 aliphatic heterocycles. The number of rotatable bonds is 7. The van der Waals surface area contributed by atoms with Gasteiger partial charge in [-0.2, -0.15) is 0 Å². The van der Waals surface area contributed by atoms with Crippen LogP contribution in [0.3, 0.4) is 0 Å². The molecule has 2 heterocycles. The molecule has 0 amide bonds. The Hall–Kier alpha value is -4.03. The number of allylic oxidation sites excluding steroid dienone is 2. The second-order valence-corrected chi connectivity index (χ2v) is 10.6. The second kappa shape index (κ2) is 10.4. The smallest absolute Gasteiger partial charge is 0.162 e. The van der Waals surface area contributed by atoms with Crippen molar-refractivity contribution in [3.8, 4) is 17.2 Å². The van der Waals surface area contributed by atoms with Crippen molar-refractivity contribution in [3.05, 3.63) is 117 Å². The number of benzene rings is 3. The van der Waals surface area contributed by atoms with Gasteiger partial charge in [0.25, 0.3) is 0 Å². The van der Waals surface area contributed by atoms with Crippen LogP contribution in [0.4, 0.5) is 5.69 Å². The molecule has 0 unspecified atom stereocenters. The fourth-order valence-electron chi connectivity index (χ4n) is 5.54. The van der Waals surface area contributed by atoms with E-state index in [0.29, 0.717) is 24.5 Å². The van der Waals surface area contributed by atoms with Gasteiger partial charge in [0.15, 0.2) is 17.3 Å². The zero-order valence-corrected chi connectivity index (χ0v) is 22.2. The number of fused-ring (bicyclic) bond motifs is 1. The van der Waals surface area contributed by atoms with Gasteiger partial charge in [0.1, 0.15) is 12.4 Å². The lowest BCUT2D eigenvalue weighted by Crippen LogP contribution is -2.29. The third kappa shape index (κ3) is 4.56. The lowest BCUT2D eigenvalue weighted by Gasteiger charge is -2.37. The normalized spacial score (nSPS) is 18.3. The molecular formula is C32H29NO4S. The number of Topliss-reactive ketones (excluding diaryl/α,β-unsaturated/α-hetero) is 1. The van der Waals surface area contributed by atoms with Crippen molar-refractivity contribution in [2.45, 2.75) is 31.3 Å². The lowest BCUT2D eigenvalue weighted by molar-refractivity contribution is -0.116. The summed E-state index contributed by atoms with van der Waals surface area (Å²) in [7, 11) is 3.27. The van der Waals surface area contributed by atoms with E-state index in [1.165, 1.54) is 4.88 Å². The average molecular weight is 524 g/mol. The van der Waals surface area contributed by atoms with Crippen molar-refractivity contribution in [2.24, 2.45) is 0 Å². The van der Waals surface area contributed by atoms with E-state index in [1.54, 1.807) is 25.6 Å². The molecule has 192 valence electrons. The number of hydrogen-bond acceptors (Lipinski definition) is 6. The molecule has 0 fully saturated rings. The Balaban J connectivity index is 1.42. The van der Waals surface area contributed by atoms with Gasteiger partial charge in [0.05, 0.1) is 14.2 Å². The highest BCUT2D eigenvalue weighted by molar-refractivity contribution is 7.10. The molecule has 0 saturated carbocycles. The molecule has 3 aromatic carbocycles. The van der Waals surface area contributed by atoms with Crippen LogP contribution >= 0.6 is 11.3 Å². The minimum Gasteiger partial charge on any atom is -0.493 e. The first-order valence-electron chi connectivity index (χ1n) is 12.7. The Morgan fingerprint density at radius 2 is 1.71 bits per heavy atom. The number of ether oxygens (including phenoxy) is 3. The van der Waals surface area contributed by atoms with Gasteiger partial charge in [-0.3, -0.25) is 4.79 Å². The summed E-state index contributed by atoms with van der Waals surface area (Å²) in [4.78, 5) is 15.1. The predicted octanol–water partition coefficient (Wildman–Crippen LogP) is 7.30. The molecule has 6 rings (SSSR count). The summed E-state index contributed by atoms with van der Waals surface area (Å²) in [5.41, 5.74) is 5.86. The number of anilines is 1. The van der Waals surface area contributed by atoms with Crippen LogP contribution in [0.15, 0.2) is 95.5 Å². The number of ketones is 1. The summed E-state index contributed by atoms with van der Waals surface area (Å²) in [5.74, 6) is 2.18. The van der Waals surface area contributed by atoms with E-state index in [0.717, 1.165) is 45.8 Å². The van der Waals surface area contributed by atoms with E-state index in [1.807, 2.05) is 54.6 Å². The van der Waals surface area contributed by atoms with Crippen LogP contribution in [0, 0.1) is 0 Å². The summed E-state index contributed by atoms with van der Waals surface area (Å²) >= 11 is 1.71. The zero-order chi connectivity index (χ0) is 26.1. The number of carbonyl (C=O) groups is 1. The highest BCUT2D eigenvalue weighted by Gasteiger charge is 2.39. The molecule has 0 radical (unpaired) electrons. The van der Waals surface area contributed by atoms with E-state index < -0.39 is 0 Å². The third-order valence-corrected chi connectivity index (χ3v) is 8.37. The molecule has 0 saturated heterocycles. The van der Waals surface area contributed by atoms with Gasteiger partial charge in [0, 0.05) is 46.2 Å². The fraction of sp³-hybridized carbons (Fsp3) is 0.219. The van der Waals surface area contributed by atoms with Gasteiger partial charge in [-0.15, -0.1) is 11.3 Å². The Morgan fingerprint density at radius 3 is 2.47 bits per heavy atom. The first-order chi connectivity index (χ1) is 18.6. The molecule has 1 aliphatic carbocycles. The molecule has 5 nitrogen and oxygen atoms in total. The summed E-state index contributed by atoms with van der Waals surface area (Å²) < 4.78 is 17.4. The SMILES string of the molecule is COc1cc2c(cc1OC)[C@H](c1cccc(OCc3ccccc3)c1)C1=C(C[C@H](c3cccs3)CC1=O)N2. The van der Waals surface area contributed by atoms with Gasteiger partial charge in [-0.05, 0) is 52.8 Å². The maximum atomic E-state index is 13.8. The van der Waals surface area contributed by atoms with E-state index in [4.69, 9.17) is 14.2 Å². The minimum absolute atomic E-state index is 0.177. The monoisotopic (exact) mass is 523 g/mol. The first-order valence-corrected chi connectivity index (χ1v) is 13.6. The number of carbonyl (C=O) groups excluding carboxylic acids is 1. The lowest BCUT2D eigenvalue weighted by atomic mass is 9.73. The number of hydrogen-bond donors (Lipinski definition) is 1. The van der Waals surface area contributed by atoms with Gasteiger partial charge in [0.2, 0.25) is 0 Å². The standard InChI is InChI=1S/C32H29NO4S/c1-35-28-17-24-25(18-29(28)36-2)33-26-15-22(30-12-7-13-38-30)16-27(34)32(26)31(24)21-10-6-11-23(14-21)37-19-20-8-4-3-5-9-20/h3-14,17-18,22,31,33H,15-16,19H2,1-2H3/t22-,31-/m0/s1. The van der Waals surface area contributed by atoms with Crippen LogP contribution in [0.25, 0.3) is 0 Å². The van der Waals surface area contributed by atoms with Gasteiger partial charge in [-0.1, -0.05) is 48.5 Å². The van der Waals surface area contributed by atoms with Crippen molar-refractivity contribution in [2.75, 3.05) is 19.5 Å². The maximum absolute atomic E-state index is 13.8. The summed E-state index contributed by atoms with van der Waals surface area (Å²) in [6.07, 6.45) is 1.29. The second-order valence-electron chi connectivity index (χ2n) is 9.64. The van der Waals surface area contributed by atoms with E-state index in [2.05, 4.69) is 35.0 Å². The molecule has 0 bridgehead atoms. The topological polar surface area (TPSA) is 56.8 Å². The highest BCUT2D eigenvalue weighted by Crippen LogP contribution is 2.51. The van der Waals surface area contributed by atoms with Crippen molar-refractivity contribution in [1.29, 1.82) is 0 Å².